The number of carbonyl (C=O) groups is 1. The highest BCUT2D eigenvalue weighted by molar-refractivity contribution is 7.93. The van der Waals surface area contributed by atoms with Crippen molar-refractivity contribution >= 4 is 17.9 Å². The van der Waals surface area contributed by atoms with E-state index < -0.39 is 6.79 Å². The second-order valence-corrected chi connectivity index (χ2v) is 6.22. The van der Waals surface area contributed by atoms with Gasteiger partial charge in [-0.05, 0) is 24.4 Å². The Hall–Kier alpha value is -0.300. The quantitative estimate of drug-likeness (QED) is 0.292. The summed E-state index contributed by atoms with van der Waals surface area (Å²) in [5.74, 6) is 1.71. The highest BCUT2D eigenvalue weighted by Gasteiger charge is 2.07. The molecule has 0 saturated heterocycles. The van der Waals surface area contributed by atoms with Crippen LogP contribution in [0.1, 0.15) is 92.9 Å². The standard InChI is InChI=1S/C6H12.C5H11NO2S.C5H12.C2H6.CH4O2/c1-6-4-2-3-5-6;1-5(7)6-3-2-4-9-8;1-3-5-4-2;1-2;2-1-3/h6H,2-5H2,1H3;8H,2-4H2,1H3,(H,6,7);3-5H2,1-2H3;1-2H3;2-3H,1H2. The SMILES string of the molecule is CC.CC(=O)NCCCSO.CC1CCCC1.CCCCC.OCO. The molecule has 0 spiro atoms. The molecule has 1 amide bonds. The van der Waals surface area contributed by atoms with Crippen LogP contribution in [-0.2, 0) is 4.79 Å². The van der Waals surface area contributed by atoms with Gasteiger partial charge in [0.15, 0.2) is 0 Å². The molecule has 1 aliphatic carbocycles. The van der Waals surface area contributed by atoms with Gasteiger partial charge in [-0.3, -0.25) is 4.79 Å². The minimum absolute atomic E-state index is 0.0158. The summed E-state index contributed by atoms with van der Waals surface area (Å²) in [6.07, 6.45) is 10.8. The molecule has 0 heterocycles. The van der Waals surface area contributed by atoms with Crippen molar-refractivity contribution < 1.29 is 19.6 Å². The molecule has 0 aromatic carbocycles. The van der Waals surface area contributed by atoms with Crippen molar-refractivity contribution in [2.75, 3.05) is 19.1 Å². The predicted molar refractivity (Wildman–Crippen MR) is 112 cm³/mol. The molecule has 0 aromatic heterocycles. The first kappa shape index (κ1) is 32.4. The first-order valence-corrected chi connectivity index (χ1v) is 10.7. The van der Waals surface area contributed by atoms with Crippen LogP contribution < -0.4 is 5.32 Å². The lowest BCUT2D eigenvalue weighted by Gasteiger charge is -1.97. The van der Waals surface area contributed by atoms with Gasteiger partial charge in [0.25, 0.3) is 0 Å². The minimum Gasteiger partial charge on any atom is -0.371 e. The van der Waals surface area contributed by atoms with Crippen molar-refractivity contribution in [3.8, 4) is 0 Å². The predicted octanol–water partition coefficient (Wildman–Crippen LogP) is 5.07. The summed E-state index contributed by atoms with van der Waals surface area (Å²) in [5, 5.41) is 16.9. The number of rotatable bonds is 6. The van der Waals surface area contributed by atoms with Gasteiger partial charge in [-0.15, -0.1) is 0 Å². The van der Waals surface area contributed by atoms with E-state index in [-0.39, 0.29) is 5.91 Å². The number of amides is 1. The van der Waals surface area contributed by atoms with E-state index in [1.807, 2.05) is 13.8 Å². The fourth-order valence-electron chi connectivity index (χ4n) is 1.88. The summed E-state index contributed by atoms with van der Waals surface area (Å²) in [6.45, 7) is 12.1. The summed E-state index contributed by atoms with van der Waals surface area (Å²) in [4.78, 5) is 10.2. The van der Waals surface area contributed by atoms with E-state index in [1.165, 1.54) is 51.9 Å². The molecule has 6 heteroatoms. The van der Waals surface area contributed by atoms with Gasteiger partial charge in [-0.2, -0.15) is 0 Å². The van der Waals surface area contributed by atoms with E-state index in [2.05, 4.69) is 26.1 Å². The zero-order valence-corrected chi connectivity index (χ0v) is 18.3. The van der Waals surface area contributed by atoms with Crippen LogP contribution in [0.25, 0.3) is 0 Å². The Morgan fingerprint density at radius 1 is 1.08 bits per heavy atom. The van der Waals surface area contributed by atoms with E-state index in [9.17, 15) is 4.79 Å². The number of hydrogen-bond donors (Lipinski definition) is 4. The second-order valence-electron chi connectivity index (χ2n) is 5.55. The molecule has 0 unspecified atom stereocenters. The van der Waals surface area contributed by atoms with Crippen LogP contribution in [0.5, 0.6) is 0 Å². The maximum Gasteiger partial charge on any atom is 0.216 e. The largest absolute Gasteiger partial charge is 0.371 e. The molecule has 0 aliphatic heterocycles. The maximum absolute atomic E-state index is 10.2. The lowest BCUT2D eigenvalue weighted by Crippen LogP contribution is -2.21. The third-order valence-electron chi connectivity index (χ3n) is 3.14. The Balaban J connectivity index is -0.000000121. The number of hydrogen-bond acceptors (Lipinski definition) is 5. The first-order chi connectivity index (χ1) is 12.0. The Bertz CT molecular complexity index is 212. The molecule has 4 N–H and O–H groups in total. The number of aliphatic hydroxyl groups excluding tert-OH is 1. The molecule has 0 bridgehead atoms. The Morgan fingerprint density at radius 3 is 1.72 bits per heavy atom. The van der Waals surface area contributed by atoms with Gasteiger partial charge in [-0.25, -0.2) is 0 Å². The Labute approximate surface area is 161 Å². The topological polar surface area (TPSA) is 89.8 Å². The van der Waals surface area contributed by atoms with Gasteiger partial charge in [0, 0.05) is 19.2 Å². The van der Waals surface area contributed by atoms with Gasteiger partial charge in [0.2, 0.25) is 5.91 Å². The van der Waals surface area contributed by atoms with Gasteiger partial charge in [0.05, 0.1) is 0 Å². The molecular formula is C19H45NO4S. The summed E-state index contributed by atoms with van der Waals surface area (Å²) in [5.41, 5.74) is 0. The molecule has 0 atom stereocenters. The molecule has 0 radical (unpaired) electrons. The zero-order chi connectivity index (χ0) is 20.3. The third kappa shape index (κ3) is 51.6. The lowest BCUT2D eigenvalue weighted by molar-refractivity contribution is -0.118. The second kappa shape index (κ2) is 34.9. The van der Waals surface area contributed by atoms with Crippen LogP contribution in [0.3, 0.4) is 0 Å². The molecule has 5 nitrogen and oxygen atoms in total. The normalized spacial score (nSPS) is 12.0. The highest BCUT2D eigenvalue weighted by Crippen LogP contribution is 2.22. The summed E-state index contributed by atoms with van der Waals surface area (Å²) >= 11 is 0.802. The average molecular weight is 384 g/mol. The minimum atomic E-state index is -0.750. The fourth-order valence-corrected chi connectivity index (χ4v) is 2.16. The summed E-state index contributed by atoms with van der Waals surface area (Å²) in [6, 6.07) is 0. The van der Waals surface area contributed by atoms with Crippen molar-refractivity contribution in [2.24, 2.45) is 5.92 Å². The first-order valence-electron chi connectivity index (χ1n) is 9.72. The molecule has 156 valence electrons. The van der Waals surface area contributed by atoms with Crippen LogP contribution in [-0.4, -0.2) is 39.8 Å². The van der Waals surface area contributed by atoms with Crippen molar-refractivity contribution in [2.45, 2.75) is 92.9 Å². The van der Waals surface area contributed by atoms with Crippen LogP contribution in [0, 0.1) is 5.92 Å². The van der Waals surface area contributed by atoms with Gasteiger partial charge < -0.3 is 20.1 Å². The van der Waals surface area contributed by atoms with Crippen LogP contribution in [0.2, 0.25) is 0 Å². The number of unbranched alkanes of at least 4 members (excludes halogenated alkanes) is 2. The molecule has 1 aliphatic rings. The monoisotopic (exact) mass is 383 g/mol. The Morgan fingerprint density at radius 2 is 1.52 bits per heavy atom. The number of aliphatic hydroxyl groups is 2. The summed E-state index contributed by atoms with van der Waals surface area (Å²) < 4.78 is 8.24. The lowest BCUT2D eigenvalue weighted by atomic mass is 10.2. The average Bonchev–Trinajstić information content (AvgIpc) is 3.07. The fraction of sp³-hybridized carbons (Fsp3) is 0.947. The zero-order valence-electron chi connectivity index (χ0n) is 17.5. The maximum atomic E-state index is 10.2. The summed E-state index contributed by atoms with van der Waals surface area (Å²) in [7, 11) is 0. The smallest absolute Gasteiger partial charge is 0.216 e. The van der Waals surface area contributed by atoms with Crippen LogP contribution in [0.15, 0.2) is 0 Å². The van der Waals surface area contributed by atoms with Crippen LogP contribution >= 0.6 is 12.0 Å². The Kier molecular flexibility index (Phi) is 45.2. The van der Waals surface area contributed by atoms with Crippen molar-refractivity contribution in [1.82, 2.24) is 5.32 Å². The van der Waals surface area contributed by atoms with Gasteiger partial charge >= 0.3 is 0 Å². The highest BCUT2D eigenvalue weighted by atomic mass is 32.2. The van der Waals surface area contributed by atoms with Crippen LogP contribution in [0.4, 0.5) is 0 Å². The number of carbonyl (C=O) groups excluding carboxylic acids is 1. The van der Waals surface area contributed by atoms with E-state index in [4.69, 9.17) is 14.8 Å². The number of nitrogens with one attached hydrogen (secondary N) is 1. The van der Waals surface area contributed by atoms with E-state index in [0.717, 1.165) is 24.4 Å². The molecule has 1 rings (SSSR count). The van der Waals surface area contributed by atoms with Gasteiger partial charge in [0.1, 0.15) is 6.79 Å². The molecule has 1 saturated carbocycles. The molecule has 25 heavy (non-hydrogen) atoms. The third-order valence-corrected chi connectivity index (χ3v) is 3.61. The van der Waals surface area contributed by atoms with E-state index >= 15 is 0 Å². The van der Waals surface area contributed by atoms with Gasteiger partial charge in [-0.1, -0.05) is 79.6 Å². The van der Waals surface area contributed by atoms with E-state index in [0.29, 0.717) is 12.3 Å². The van der Waals surface area contributed by atoms with E-state index in [1.54, 1.807) is 0 Å². The van der Waals surface area contributed by atoms with Crippen molar-refractivity contribution in [1.29, 1.82) is 0 Å². The molecule has 1 fully saturated rings. The van der Waals surface area contributed by atoms with Crippen molar-refractivity contribution in [3.05, 3.63) is 0 Å². The van der Waals surface area contributed by atoms with Crippen molar-refractivity contribution in [3.63, 3.8) is 0 Å². The molecule has 0 aromatic rings. The molecular weight excluding hydrogens is 338 g/mol.